The molecule has 0 radical (unpaired) electrons. The number of esters is 1. The molecule has 0 amide bonds. The molecular formula is C48H96O4. The van der Waals surface area contributed by atoms with Crippen molar-refractivity contribution in [2.75, 3.05) is 6.61 Å². The summed E-state index contributed by atoms with van der Waals surface area (Å²) in [4.78, 5) is 12.3. The lowest BCUT2D eigenvalue weighted by molar-refractivity contribution is -0.226. The van der Waals surface area contributed by atoms with Crippen LogP contribution >= 0.6 is 0 Å². The van der Waals surface area contributed by atoms with Crippen molar-refractivity contribution in [1.82, 2.24) is 0 Å². The molecule has 52 heavy (non-hydrogen) atoms. The summed E-state index contributed by atoms with van der Waals surface area (Å²) in [5.41, 5.74) is 0. The second-order valence-corrected chi connectivity index (χ2v) is 17.3. The lowest BCUT2D eigenvalue weighted by Gasteiger charge is -2.25. The van der Waals surface area contributed by atoms with E-state index in [-0.39, 0.29) is 5.97 Å². The van der Waals surface area contributed by atoms with Crippen LogP contribution in [0.15, 0.2) is 0 Å². The Hall–Kier alpha value is -0.610. The smallest absolute Gasteiger partial charge is 0.308 e. The van der Waals surface area contributed by atoms with Gasteiger partial charge < -0.3 is 14.9 Å². The number of aliphatic hydroxyl groups excluding tert-OH is 1. The van der Waals surface area contributed by atoms with Gasteiger partial charge in [0.1, 0.15) is 6.61 Å². The molecule has 0 aliphatic carbocycles. The van der Waals surface area contributed by atoms with Crippen molar-refractivity contribution in [2.24, 2.45) is 5.92 Å². The van der Waals surface area contributed by atoms with Gasteiger partial charge in [-0.2, -0.15) is 0 Å². The summed E-state index contributed by atoms with van der Waals surface area (Å²) >= 11 is 0. The van der Waals surface area contributed by atoms with Crippen molar-refractivity contribution in [1.29, 1.82) is 0 Å². The van der Waals surface area contributed by atoms with Crippen LogP contribution in [0.25, 0.3) is 0 Å². The lowest BCUT2D eigenvalue weighted by atomic mass is 10.0. The predicted octanol–water partition coefficient (Wildman–Crippen LogP) is 15.9. The van der Waals surface area contributed by atoms with Crippen LogP contribution in [0.4, 0.5) is 0 Å². The van der Waals surface area contributed by atoms with E-state index < -0.39 is 12.4 Å². The zero-order valence-corrected chi connectivity index (χ0v) is 36.0. The van der Waals surface area contributed by atoms with E-state index in [4.69, 9.17) is 4.74 Å². The summed E-state index contributed by atoms with van der Waals surface area (Å²) in [5, 5.41) is 20.3. The predicted molar refractivity (Wildman–Crippen MR) is 228 cm³/mol. The highest BCUT2D eigenvalue weighted by atomic mass is 16.7. The second kappa shape index (κ2) is 41.6. The molecule has 2 N–H and O–H groups in total. The number of unbranched alkanes of at least 4 members (excludes halogenated alkanes) is 36. The zero-order valence-electron chi connectivity index (χ0n) is 36.0. The van der Waals surface area contributed by atoms with Crippen LogP contribution in [0, 0.1) is 5.92 Å². The average Bonchev–Trinajstić information content (AvgIpc) is 3.13. The quantitative estimate of drug-likeness (QED) is 0.0371. The summed E-state index contributed by atoms with van der Waals surface area (Å²) in [6.45, 7) is 6.41. The molecule has 0 saturated carbocycles. The van der Waals surface area contributed by atoms with Gasteiger partial charge in [-0.15, -0.1) is 0 Å². The molecule has 312 valence electrons. The third kappa shape index (κ3) is 40.6. The second-order valence-electron chi connectivity index (χ2n) is 17.3. The van der Waals surface area contributed by atoms with E-state index in [0.29, 0.717) is 12.8 Å². The van der Waals surface area contributed by atoms with Crippen LogP contribution in [0.5, 0.6) is 0 Å². The molecule has 1 atom stereocenters. The van der Waals surface area contributed by atoms with Crippen LogP contribution < -0.4 is 0 Å². The van der Waals surface area contributed by atoms with Crippen LogP contribution in [-0.2, 0) is 9.53 Å². The maximum Gasteiger partial charge on any atom is 0.308 e. The Morgan fingerprint density at radius 3 is 1.00 bits per heavy atom. The van der Waals surface area contributed by atoms with E-state index in [9.17, 15) is 15.0 Å². The van der Waals surface area contributed by atoms with Gasteiger partial charge in [-0.25, -0.2) is 0 Å². The molecule has 0 heterocycles. The number of ether oxygens (including phenoxy) is 1. The Labute approximate surface area is 327 Å². The summed E-state index contributed by atoms with van der Waals surface area (Å²) < 4.78 is 5.33. The van der Waals surface area contributed by atoms with Crippen molar-refractivity contribution in [3.8, 4) is 0 Å². The Bertz CT molecular complexity index is 694. The van der Waals surface area contributed by atoms with Gasteiger partial charge in [-0.05, 0) is 18.8 Å². The molecule has 0 aromatic heterocycles. The number of rotatable bonds is 44. The molecule has 1 unspecified atom stereocenters. The molecule has 0 aliphatic heterocycles. The summed E-state index contributed by atoms with van der Waals surface area (Å²) in [7, 11) is 0. The van der Waals surface area contributed by atoms with E-state index >= 15 is 0 Å². The first-order chi connectivity index (χ1) is 25.4. The zero-order chi connectivity index (χ0) is 38.1. The van der Waals surface area contributed by atoms with Crippen molar-refractivity contribution >= 4 is 5.97 Å². The Kier molecular flexibility index (Phi) is 41.1. The molecule has 4 nitrogen and oxygen atoms in total. The molecular weight excluding hydrogens is 641 g/mol. The monoisotopic (exact) mass is 737 g/mol. The molecule has 4 heteroatoms. The van der Waals surface area contributed by atoms with E-state index in [1.54, 1.807) is 0 Å². The number of hydrogen-bond donors (Lipinski definition) is 2. The highest BCUT2D eigenvalue weighted by Gasteiger charge is 2.30. The molecule has 0 rings (SSSR count). The van der Waals surface area contributed by atoms with Crippen molar-refractivity contribution in [3.05, 3.63) is 0 Å². The van der Waals surface area contributed by atoms with Gasteiger partial charge in [0.2, 0.25) is 5.79 Å². The number of carbonyl (C=O) groups excluding carboxylic acids is 1. The molecule has 0 bridgehead atoms. The number of hydrogen-bond acceptors (Lipinski definition) is 4. The Morgan fingerprint density at radius 1 is 0.442 bits per heavy atom. The van der Waals surface area contributed by atoms with Gasteiger partial charge in [0.15, 0.2) is 0 Å². The van der Waals surface area contributed by atoms with E-state index in [1.165, 1.54) is 212 Å². The molecule has 0 aromatic rings. The Balaban J connectivity index is 3.42. The normalized spacial score (nSPS) is 12.9. The standard InChI is InChI=1S/C48H96O4/c1-4-5-6-7-8-9-10-11-12-13-14-15-16-17-18-19-20-21-22-23-26-29-32-35-38-41-44-48(51,45-49)52-47(50)43-40-37-34-31-28-25-24-27-30-33-36-39-42-46(2)3/h46,49,51H,4-45H2,1-3H3. The molecule has 0 spiro atoms. The minimum atomic E-state index is -1.71. The van der Waals surface area contributed by atoms with Gasteiger partial charge in [0.25, 0.3) is 0 Å². The first-order valence-electron chi connectivity index (χ1n) is 24.0. The fourth-order valence-electron chi connectivity index (χ4n) is 7.73. The van der Waals surface area contributed by atoms with Crippen LogP contribution in [0.2, 0.25) is 0 Å². The summed E-state index contributed by atoms with van der Waals surface area (Å²) in [6.07, 6.45) is 52.6. The third-order valence-corrected chi connectivity index (χ3v) is 11.4. The fraction of sp³-hybridized carbons (Fsp3) is 0.979. The maximum atomic E-state index is 12.3. The van der Waals surface area contributed by atoms with Gasteiger partial charge in [-0.1, -0.05) is 258 Å². The minimum absolute atomic E-state index is 0.326. The van der Waals surface area contributed by atoms with Crippen molar-refractivity contribution in [3.63, 3.8) is 0 Å². The maximum absolute atomic E-state index is 12.3. The molecule has 0 fully saturated rings. The molecule has 0 aliphatic rings. The van der Waals surface area contributed by atoms with E-state index in [0.717, 1.165) is 44.4 Å². The molecule has 0 saturated heterocycles. The third-order valence-electron chi connectivity index (χ3n) is 11.4. The van der Waals surface area contributed by atoms with Gasteiger partial charge in [0, 0.05) is 12.8 Å². The van der Waals surface area contributed by atoms with E-state index in [1.807, 2.05) is 0 Å². The summed E-state index contributed by atoms with van der Waals surface area (Å²) in [6, 6.07) is 0. The summed E-state index contributed by atoms with van der Waals surface area (Å²) in [5.74, 6) is -1.24. The highest BCUT2D eigenvalue weighted by Crippen LogP contribution is 2.21. The van der Waals surface area contributed by atoms with Gasteiger partial charge >= 0.3 is 5.97 Å². The fourth-order valence-corrected chi connectivity index (χ4v) is 7.73. The largest absolute Gasteiger partial charge is 0.431 e. The van der Waals surface area contributed by atoms with Crippen LogP contribution in [0.3, 0.4) is 0 Å². The molecule has 0 aromatic carbocycles. The van der Waals surface area contributed by atoms with E-state index in [2.05, 4.69) is 20.8 Å². The topological polar surface area (TPSA) is 66.8 Å². The first-order valence-corrected chi connectivity index (χ1v) is 24.0. The van der Waals surface area contributed by atoms with Crippen molar-refractivity contribution in [2.45, 2.75) is 290 Å². The van der Waals surface area contributed by atoms with Crippen molar-refractivity contribution < 1.29 is 19.7 Å². The SMILES string of the molecule is CCCCCCCCCCCCCCCCCCCCCCCCCCCCC(O)(CO)OC(=O)CCCCCCCCCCCCCCC(C)C. The van der Waals surface area contributed by atoms with Gasteiger partial charge in [-0.3, -0.25) is 4.79 Å². The average molecular weight is 737 g/mol. The number of carbonyl (C=O) groups is 1. The first kappa shape index (κ1) is 51.4. The van der Waals surface area contributed by atoms with Crippen LogP contribution in [0.1, 0.15) is 284 Å². The van der Waals surface area contributed by atoms with Gasteiger partial charge in [0.05, 0.1) is 0 Å². The minimum Gasteiger partial charge on any atom is -0.431 e. The lowest BCUT2D eigenvalue weighted by Crippen LogP contribution is -2.38. The highest BCUT2D eigenvalue weighted by molar-refractivity contribution is 5.69. The Morgan fingerprint density at radius 2 is 0.712 bits per heavy atom. The number of aliphatic hydroxyl groups is 2. The van der Waals surface area contributed by atoms with Crippen LogP contribution in [-0.4, -0.2) is 28.6 Å².